The van der Waals surface area contributed by atoms with Gasteiger partial charge in [-0.05, 0) is 36.2 Å². The summed E-state index contributed by atoms with van der Waals surface area (Å²) in [6.45, 7) is 2.20. The number of aromatic amines is 1. The number of hydrogen-bond donors (Lipinski definition) is 1. The number of H-pyrrole nitrogens is 1. The Labute approximate surface area is 118 Å². The molecule has 0 saturated carbocycles. The summed E-state index contributed by atoms with van der Waals surface area (Å²) in [6.07, 6.45) is 0.962. The van der Waals surface area contributed by atoms with Crippen LogP contribution in [0.1, 0.15) is 24.2 Å². The number of aromatic nitrogens is 2. The minimum Gasteiger partial charge on any atom is -0.497 e. The van der Waals surface area contributed by atoms with Crippen LogP contribution in [0.15, 0.2) is 48.5 Å². The molecule has 3 nitrogen and oxygen atoms in total. The molecule has 3 heteroatoms. The monoisotopic (exact) mass is 266 g/mol. The van der Waals surface area contributed by atoms with Crippen LogP contribution < -0.4 is 4.74 Å². The van der Waals surface area contributed by atoms with Crippen molar-refractivity contribution < 1.29 is 4.74 Å². The maximum absolute atomic E-state index is 5.18. The number of ether oxygens (including phenoxy) is 1. The summed E-state index contributed by atoms with van der Waals surface area (Å²) >= 11 is 0. The SMILES string of the molecule is COc1ccc(CC(C)c2nc3ccccc3[nH]2)cc1. The third-order valence-electron chi connectivity index (χ3n) is 3.58. The second kappa shape index (κ2) is 5.37. The summed E-state index contributed by atoms with van der Waals surface area (Å²) in [5.41, 5.74) is 3.42. The molecule has 0 radical (unpaired) electrons. The summed E-state index contributed by atoms with van der Waals surface area (Å²) < 4.78 is 5.18. The fourth-order valence-electron chi connectivity index (χ4n) is 2.42. The highest BCUT2D eigenvalue weighted by molar-refractivity contribution is 5.74. The molecule has 0 aliphatic heterocycles. The zero-order valence-corrected chi connectivity index (χ0v) is 11.8. The van der Waals surface area contributed by atoms with Crippen molar-refractivity contribution in [3.8, 4) is 5.75 Å². The third kappa shape index (κ3) is 2.52. The maximum Gasteiger partial charge on any atom is 0.118 e. The van der Waals surface area contributed by atoms with Crippen LogP contribution in [0.2, 0.25) is 0 Å². The minimum absolute atomic E-state index is 0.357. The van der Waals surface area contributed by atoms with E-state index in [9.17, 15) is 0 Å². The third-order valence-corrected chi connectivity index (χ3v) is 3.58. The highest BCUT2D eigenvalue weighted by atomic mass is 16.5. The van der Waals surface area contributed by atoms with Crippen molar-refractivity contribution >= 4 is 11.0 Å². The van der Waals surface area contributed by atoms with E-state index in [1.54, 1.807) is 7.11 Å². The van der Waals surface area contributed by atoms with Crippen molar-refractivity contribution in [2.45, 2.75) is 19.3 Å². The largest absolute Gasteiger partial charge is 0.497 e. The highest BCUT2D eigenvalue weighted by Gasteiger charge is 2.11. The van der Waals surface area contributed by atoms with E-state index < -0.39 is 0 Å². The minimum atomic E-state index is 0.357. The molecule has 1 aromatic heterocycles. The van der Waals surface area contributed by atoms with Gasteiger partial charge in [-0.2, -0.15) is 0 Å². The van der Waals surface area contributed by atoms with Crippen molar-refractivity contribution in [2.24, 2.45) is 0 Å². The Balaban J connectivity index is 1.79. The van der Waals surface area contributed by atoms with E-state index in [2.05, 4.69) is 35.1 Å². The molecule has 2 aromatic carbocycles. The lowest BCUT2D eigenvalue weighted by molar-refractivity contribution is 0.414. The van der Waals surface area contributed by atoms with Crippen molar-refractivity contribution in [1.82, 2.24) is 9.97 Å². The van der Waals surface area contributed by atoms with Gasteiger partial charge >= 0.3 is 0 Å². The Morgan fingerprint density at radius 3 is 2.55 bits per heavy atom. The van der Waals surface area contributed by atoms with Gasteiger partial charge in [0.25, 0.3) is 0 Å². The Morgan fingerprint density at radius 2 is 1.85 bits per heavy atom. The van der Waals surface area contributed by atoms with Crippen LogP contribution in [0.5, 0.6) is 5.75 Å². The summed E-state index contributed by atoms with van der Waals surface area (Å²) in [4.78, 5) is 8.06. The first-order chi connectivity index (χ1) is 9.76. The van der Waals surface area contributed by atoms with Gasteiger partial charge in [0.1, 0.15) is 11.6 Å². The highest BCUT2D eigenvalue weighted by Crippen LogP contribution is 2.22. The van der Waals surface area contributed by atoms with Gasteiger partial charge in [0, 0.05) is 5.92 Å². The van der Waals surface area contributed by atoms with Crippen LogP contribution in [-0.2, 0) is 6.42 Å². The van der Waals surface area contributed by atoms with E-state index in [0.717, 1.165) is 29.0 Å². The molecule has 1 N–H and O–H groups in total. The fourth-order valence-corrected chi connectivity index (χ4v) is 2.42. The summed E-state index contributed by atoms with van der Waals surface area (Å²) in [7, 11) is 1.69. The van der Waals surface area contributed by atoms with E-state index >= 15 is 0 Å². The number of hydrogen-bond acceptors (Lipinski definition) is 2. The number of benzene rings is 2. The maximum atomic E-state index is 5.18. The number of nitrogens with zero attached hydrogens (tertiary/aromatic N) is 1. The Kier molecular flexibility index (Phi) is 3.42. The molecule has 0 aliphatic carbocycles. The van der Waals surface area contributed by atoms with Gasteiger partial charge in [-0.15, -0.1) is 0 Å². The molecule has 1 heterocycles. The van der Waals surface area contributed by atoms with Crippen LogP contribution in [0.4, 0.5) is 0 Å². The van der Waals surface area contributed by atoms with Gasteiger partial charge in [0.15, 0.2) is 0 Å². The predicted molar refractivity (Wildman–Crippen MR) is 81.2 cm³/mol. The smallest absolute Gasteiger partial charge is 0.118 e. The second-order valence-corrected chi connectivity index (χ2v) is 5.09. The molecule has 0 aliphatic rings. The Bertz CT molecular complexity index is 667. The van der Waals surface area contributed by atoms with E-state index in [0.29, 0.717) is 5.92 Å². The number of rotatable bonds is 4. The zero-order chi connectivity index (χ0) is 13.9. The standard InChI is InChI=1S/C17H18N2O/c1-12(11-13-7-9-14(20-2)10-8-13)17-18-15-5-3-4-6-16(15)19-17/h3-10,12H,11H2,1-2H3,(H,18,19). The Morgan fingerprint density at radius 1 is 1.10 bits per heavy atom. The molecule has 0 amide bonds. The fraction of sp³-hybridized carbons (Fsp3) is 0.235. The topological polar surface area (TPSA) is 37.9 Å². The summed E-state index contributed by atoms with van der Waals surface area (Å²) in [5, 5.41) is 0. The molecule has 20 heavy (non-hydrogen) atoms. The van der Waals surface area contributed by atoms with E-state index in [1.165, 1.54) is 5.56 Å². The second-order valence-electron chi connectivity index (χ2n) is 5.09. The number of nitrogens with one attached hydrogen (secondary N) is 1. The average molecular weight is 266 g/mol. The molecular formula is C17H18N2O. The zero-order valence-electron chi connectivity index (χ0n) is 11.8. The van der Waals surface area contributed by atoms with Crippen molar-refractivity contribution in [1.29, 1.82) is 0 Å². The van der Waals surface area contributed by atoms with Crippen molar-refractivity contribution in [2.75, 3.05) is 7.11 Å². The van der Waals surface area contributed by atoms with E-state index in [4.69, 9.17) is 4.74 Å². The molecule has 0 saturated heterocycles. The number of imidazole rings is 1. The molecule has 1 atom stereocenters. The predicted octanol–water partition coefficient (Wildman–Crippen LogP) is 3.92. The number of para-hydroxylation sites is 2. The molecule has 0 spiro atoms. The molecule has 3 rings (SSSR count). The molecular weight excluding hydrogens is 248 g/mol. The molecule has 3 aromatic rings. The number of methoxy groups -OCH3 is 1. The van der Waals surface area contributed by atoms with Crippen LogP contribution >= 0.6 is 0 Å². The lowest BCUT2D eigenvalue weighted by atomic mass is 10.0. The molecule has 0 bridgehead atoms. The first-order valence-corrected chi connectivity index (χ1v) is 6.84. The van der Waals surface area contributed by atoms with Crippen molar-refractivity contribution in [3.63, 3.8) is 0 Å². The molecule has 102 valence electrons. The number of fused-ring (bicyclic) bond motifs is 1. The van der Waals surface area contributed by atoms with Crippen LogP contribution in [0, 0.1) is 0 Å². The molecule has 0 fully saturated rings. The van der Waals surface area contributed by atoms with Crippen LogP contribution in [-0.4, -0.2) is 17.1 Å². The van der Waals surface area contributed by atoms with Gasteiger partial charge in [0.05, 0.1) is 18.1 Å². The van der Waals surface area contributed by atoms with Gasteiger partial charge in [-0.3, -0.25) is 0 Å². The summed E-state index contributed by atoms with van der Waals surface area (Å²) in [5.74, 6) is 2.29. The van der Waals surface area contributed by atoms with Gasteiger partial charge in [0.2, 0.25) is 0 Å². The lowest BCUT2D eigenvalue weighted by Crippen LogP contribution is -2.00. The van der Waals surface area contributed by atoms with Crippen LogP contribution in [0.25, 0.3) is 11.0 Å². The van der Waals surface area contributed by atoms with E-state index in [1.807, 2.05) is 30.3 Å². The molecule has 1 unspecified atom stereocenters. The summed E-state index contributed by atoms with van der Waals surface area (Å²) in [6, 6.07) is 16.4. The van der Waals surface area contributed by atoms with E-state index in [-0.39, 0.29) is 0 Å². The average Bonchev–Trinajstić information content (AvgIpc) is 2.92. The van der Waals surface area contributed by atoms with Gasteiger partial charge in [-0.25, -0.2) is 4.98 Å². The van der Waals surface area contributed by atoms with Crippen LogP contribution in [0.3, 0.4) is 0 Å². The quantitative estimate of drug-likeness (QED) is 0.777. The first-order valence-electron chi connectivity index (χ1n) is 6.84. The normalized spacial score (nSPS) is 12.5. The van der Waals surface area contributed by atoms with Gasteiger partial charge in [-0.1, -0.05) is 31.2 Å². The lowest BCUT2D eigenvalue weighted by Gasteiger charge is -2.09. The first kappa shape index (κ1) is 12.7. The van der Waals surface area contributed by atoms with Gasteiger partial charge < -0.3 is 9.72 Å². The van der Waals surface area contributed by atoms with Crippen molar-refractivity contribution in [3.05, 3.63) is 59.9 Å². The Hall–Kier alpha value is -2.29.